The van der Waals surface area contributed by atoms with Crippen LogP contribution in [0.1, 0.15) is 0 Å². The predicted molar refractivity (Wildman–Crippen MR) is 80.8 cm³/mol. The summed E-state index contributed by atoms with van der Waals surface area (Å²) in [5.74, 6) is 0. The van der Waals surface area contributed by atoms with E-state index in [9.17, 15) is 10.1 Å². The van der Waals surface area contributed by atoms with Gasteiger partial charge in [-0.1, -0.05) is 29.8 Å². The number of non-ortho nitro benzene ring substituents is 1. The number of fused-ring (bicyclic) bond motifs is 1. The molecule has 0 atom stereocenters. The number of benzene rings is 2. The number of nitro groups is 1. The van der Waals surface area contributed by atoms with Crippen LogP contribution in [0.15, 0.2) is 41.4 Å². The minimum atomic E-state index is -0.395. The van der Waals surface area contributed by atoms with Gasteiger partial charge in [-0.3, -0.25) is 10.1 Å². The van der Waals surface area contributed by atoms with Crippen LogP contribution < -0.4 is 4.67 Å². The first-order chi connectivity index (χ1) is 9.66. The summed E-state index contributed by atoms with van der Waals surface area (Å²) in [4.78, 5) is 15.1. The zero-order valence-electron chi connectivity index (χ0n) is 9.82. The molecule has 0 saturated carbocycles. The number of hydrogen-bond donors (Lipinski definition) is 0. The minimum absolute atomic E-state index is 0.0674. The van der Waals surface area contributed by atoms with Gasteiger partial charge in [-0.2, -0.15) is 4.37 Å². The zero-order chi connectivity index (χ0) is 14.1. The second-order valence-electron chi connectivity index (χ2n) is 3.86. The molecule has 100 valence electrons. The number of hydrogen-bond acceptors (Lipinski definition) is 6. The number of nitrogens with zero attached hydrogens (tertiary/aromatic N) is 3. The van der Waals surface area contributed by atoms with Crippen LogP contribution in [0.2, 0.25) is 5.15 Å². The van der Waals surface area contributed by atoms with E-state index < -0.39 is 4.92 Å². The fourth-order valence-electron chi connectivity index (χ4n) is 1.86. The Bertz CT molecular complexity index is 872. The molecule has 5 nitrogen and oxygen atoms in total. The molecule has 0 N–H and O–H groups in total. The first kappa shape index (κ1) is 13.2. The molecule has 8 heteroatoms. The topological polar surface area (TPSA) is 68.4 Å². The third-order valence-electron chi connectivity index (χ3n) is 2.71. The molecule has 0 aliphatic heterocycles. The standard InChI is InChI=1S/C12H6ClN3O2S2/c13-11-12(19-20-15-11)14-9-5-6-10(16(17)18)8-4-2-1-3-7(8)9/h1-6H. The summed E-state index contributed by atoms with van der Waals surface area (Å²) in [7, 11) is 2.62. The summed E-state index contributed by atoms with van der Waals surface area (Å²) in [6.07, 6.45) is 0. The summed E-state index contributed by atoms with van der Waals surface area (Å²) in [6.45, 7) is 0. The minimum Gasteiger partial charge on any atom is -0.258 e. The lowest BCUT2D eigenvalue weighted by molar-refractivity contribution is -0.383. The molecule has 0 bridgehead atoms. The quantitative estimate of drug-likeness (QED) is 0.404. The maximum atomic E-state index is 11.0. The molecule has 0 aliphatic carbocycles. The summed E-state index contributed by atoms with van der Waals surface area (Å²) in [5, 5.41) is 12.7. The Morgan fingerprint density at radius 1 is 1.20 bits per heavy atom. The van der Waals surface area contributed by atoms with Crippen LogP contribution in [-0.2, 0) is 0 Å². The second kappa shape index (κ2) is 5.28. The summed E-state index contributed by atoms with van der Waals surface area (Å²) in [5.41, 5.74) is 0.710. The average molecular weight is 324 g/mol. The Balaban J connectivity index is 2.32. The van der Waals surface area contributed by atoms with Gasteiger partial charge in [0, 0.05) is 22.0 Å². The van der Waals surface area contributed by atoms with Crippen molar-refractivity contribution in [3.05, 3.63) is 56.3 Å². The van der Waals surface area contributed by atoms with Crippen molar-refractivity contribution in [2.24, 2.45) is 4.99 Å². The Morgan fingerprint density at radius 2 is 1.95 bits per heavy atom. The second-order valence-corrected chi connectivity index (χ2v) is 6.05. The Kier molecular flexibility index (Phi) is 3.47. The lowest BCUT2D eigenvalue weighted by atomic mass is 10.1. The van der Waals surface area contributed by atoms with Crippen LogP contribution in [0.5, 0.6) is 0 Å². The normalized spacial score (nSPS) is 11.9. The Labute approximate surface area is 125 Å². The number of aromatic nitrogens is 1. The highest BCUT2D eigenvalue weighted by molar-refractivity contribution is 7.66. The van der Waals surface area contributed by atoms with E-state index in [1.807, 2.05) is 6.07 Å². The van der Waals surface area contributed by atoms with Gasteiger partial charge in [0.15, 0.2) is 9.82 Å². The first-order valence-corrected chi connectivity index (χ1v) is 7.97. The molecule has 1 aromatic heterocycles. The summed E-state index contributed by atoms with van der Waals surface area (Å²) < 4.78 is 4.57. The fourth-order valence-corrected chi connectivity index (χ4v) is 3.84. The molecule has 0 spiro atoms. The molecule has 3 rings (SSSR count). The van der Waals surface area contributed by atoms with E-state index in [4.69, 9.17) is 11.6 Å². The third-order valence-corrected chi connectivity index (χ3v) is 4.88. The molecule has 0 unspecified atom stereocenters. The van der Waals surface area contributed by atoms with E-state index in [1.165, 1.54) is 26.9 Å². The lowest BCUT2D eigenvalue weighted by Gasteiger charge is -2.02. The molecule has 0 fully saturated rings. The largest absolute Gasteiger partial charge is 0.277 e. The number of halogens is 1. The van der Waals surface area contributed by atoms with Crippen molar-refractivity contribution in [3.63, 3.8) is 0 Å². The van der Waals surface area contributed by atoms with Gasteiger partial charge < -0.3 is 0 Å². The van der Waals surface area contributed by atoms with Crippen molar-refractivity contribution in [2.75, 3.05) is 0 Å². The van der Waals surface area contributed by atoms with Crippen molar-refractivity contribution < 1.29 is 4.92 Å². The van der Waals surface area contributed by atoms with Crippen LogP contribution >= 0.6 is 32.5 Å². The molecule has 3 aromatic rings. The highest BCUT2D eigenvalue weighted by Crippen LogP contribution is 2.32. The van der Waals surface area contributed by atoms with Crippen molar-refractivity contribution in [1.82, 2.24) is 4.37 Å². The Morgan fingerprint density at radius 3 is 2.60 bits per heavy atom. The van der Waals surface area contributed by atoms with Gasteiger partial charge in [0.05, 0.1) is 16.0 Å². The first-order valence-electron chi connectivity index (χ1n) is 5.49. The SMILES string of the molecule is O=[N+]([O-])c1ccc(N=c2ssnc2Cl)c2ccccc12. The molecule has 2 aromatic carbocycles. The Hall–Kier alpha value is -1.83. The summed E-state index contributed by atoms with van der Waals surface area (Å²) >= 11 is 5.93. The van der Waals surface area contributed by atoms with Crippen molar-refractivity contribution in [2.45, 2.75) is 0 Å². The number of nitro benzene ring substituents is 1. The lowest BCUT2D eigenvalue weighted by Crippen LogP contribution is -1.94. The van der Waals surface area contributed by atoms with Gasteiger partial charge >= 0.3 is 0 Å². The van der Waals surface area contributed by atoms with E-state index in [2.05, 4.69) is 9.37 Å². The monoisotopic (exact) mass is 323 g/mol. The highest BCUT2D eigenvalue weighted by atomic mass is 35.5. The predicted octanol–water partition coefficient (Wildman–Crippen LogP) is 4.15. The average Bonchev–Trinajstić information content (AvgIpc) is 2.84. The van der Waals surface area contributed by atoms with Crippen molar-refractivity contribution in [1.29, 1.82) is 0 Å². The van der Waals surface area contributed by atoms with Gasteiger partial charge in [-0.15, -0.1) is 0 Å². The van der Waals surface area contributed by atoms with Gasteiger partial charge in [-0.25, -0.2) is 4.99 Å². The van der Waals surface area contributed by atoms with Crippen LogP contribution in [0.25, 0.3) is 10.8 Å². The van der Waals surface area contributed by atoms with Crippen LogP contribution in [0.4, 0.5) is 11.4 Å². The van der Waals surface area contributed by atoms with E-state index in [1.54, 1.807) is 24.3 Å². The van der Waals surface area contributed by atoms with Crippen LogP contribution in [-0.4, -0.2) is 9.30 Å². The van der Waals surface area contributed by atoms with Gasteiger partial charge in [0.1, 0.15) is 0 Å². The van der Waals surface area contributed by atoms with Gasteiger partial charge in [0.25, 0.3) is 5.69 Å². The van der Waals surface area contributed by atoms with E-state index in [-0.39, 0.29) is 5.69 Å². The van der Waals surface area contributed by atoms with Gasteiger partial charge in [-0.05, 0) is 22.5 Å². The molecule has 20 heavy (non-hydrogen) atoms. The third kappa shape index (κ3) is 2.31. The molecule has 0 amide bonds. The van der Waals surface area contributed by atoms with Gasteiger partial charge in [0.2, 0.25) is 0 Å². The van der Waals surface area contributed by atoms with E-state index in [0.717, 1.165) is 5.39 Å². The fraction of sp³-hybridized carbons (Fsp3) is 0. The number of rotatable bonds is 2. The van der Waals surface area contributed by atoms with Crippen LogP contribution in [0.3, 0.4) is 0 Å². The molecule has 0 aliphatic rings. The summed E-state index contributed by atoms with van der Waals surface area (Å²) in [6, 6.07) is 10.2. The van der Waals surface area contributed by atoms with Crippen molar-refractivity contribution >= 4 is 54.6 Å². The maximum Gasteiger partial charge on any atom is 0.277 e. The smallest absolute Gasteiger partial charge is 0.258 e. The maximum absolute atomic E-state index is 11.0. The molecule has 1 heterocycles. The zero-order valence-corrected chi connectivity index (χ0v) is 12.2. The van der Waals surface area contributed by atoms with E-state index in [0.29, 0.717) is 20.9 Å². The molecule has 0 radical (unpaired) electrons. The van der Waals surface area contributed by atoms with Crippen LogP contribution in [0, 0.1) is 10.1 Å². The molecular formula is C12H6ClN3O2S2. The van der Waals surface area contributed by atoms with Crippen molar-refractivity contribution in [3.8, 4) is 0 Å². The highest BCUT2D eigenvalue weighted by Gasteiger charge is 2.13. The van der Waals surface area contributed by atoms with E-state index >= 15 is 0 Å². The molecule has 0 saturated heterocycles. The molecular weight excluding hydrogens is 318 g/mol.